The molecule has 1 aliphatic rings. The van der Waals surface area contributed by atoms with Crippen molar-refractivity contribution in [3.63, 3.8) is 0 Å². The van der Waals surface area contributed by atoms with Gasteiger partial charge in [0.1, 0.15) is 17.1 Å². The van der Waals surface area contributed by atoms with E-state index in [1.807, 2.05) is 43.3 Å². The van der Waals surface area contributed by atoms with Crippen LogP contribution in [0.5, 0.6) is 11.5 Å². The summed E-state index contributed by atoms with van der Waals surface area (Å²) >= 11 is 3.40. The second-order valence-electron chi connectivity index (χ2n) is 7.54. The summed E-state index contributed by atoms with van der Waals surface area (Å²) in [5.74, 6) is 0.209. The molecule has 0 N–H and O–H groups in total. The molecule has 1 aromatic heterocycles. The molecule has 0 unspecified atom stereocenters. The van der Waals surface area contributed by atoms with E-state index in [4.69, 9.17) is 13.9 Å². The third kappa shape index (κ3) is 3.52. The fourth-order valence-corrected chi connectivity index (χ4v) is 4.01. The van der Waals surface area contributed by atoms with Crippen LogP contribution in [0.2, 0.25) is 0 Å². The first-order valence-corrected chi connectivity index (χ1v) is 10.7. The minimum absolute atomic E-state index is 0.0927. The molecule has 0 fully saturated rings. The van der Waals surface area contributed by atoms with E-state index in [9.17, 15) is 9.59 Å². The molecule has 32 heavy (non-hydrogen) atoms. The quantitative estimate of drug-likeness (QED) is 0.183. The summed E-state index contributed by atoms with van der Waals surface area (Å²) < 4.78 is 18.0. The Morgan fingerprint density at radius 2 is 1.84 bits per heavy atom. The van der Waals surface area contributed by atoms with E-state index in [1.165, 1.54) is 0 Å². The van der Waals surface area contributed by atoms with Gasteiger partial charge in [0, 0.05) is 15.4 Å². The molecule has 2 heterocycles. The molecule has 0 spiro atoms. The first kappa shape index (κ1) is 20.3. The predicted molar refractivity (Wildman–Crippen MR) is 124 cm³/mol. The van der Waals surface area contributed by atoms with Crippen LogP contribution in [0.3, 0.4) is 0 Å². The number of carbonyl (C=O) groups is 2. The summed E-state index contributed by atoms with van der Waals surface area (Å²) in [4.78, 5) is 25.5. The van der Waals surface area contributed by atoms with Crippen molar-refractivity contribution in [2.75, 3.05) is 0 Å². The summed E-state index contributed by atoms with van der Waals surface area (Å²) in [5, 5.41) is 0.789. The summed E-state index contributed by atoms with van der Waals surface area (Å²) in [7, 11) is 0. The number of fused-ring (bicyclic) bond motifs is 2. The number of esters is 1. The minimum atomic E-state index is -0.625. The number of furan rings is 1. The minimum Gasteiger partial charge on any atom is -0.452 e. The van der Waals surface area contributed by atoms with Crippen LogP contribution in [-0.4, -0.2) is 11.8 Å². The maximum atomic E-state index is 12.8. The number of benzene rings is 3. The molecule has 0 aliphatic carbocycles. The lowest BCUT2D eigenvalue weighted by Gasteiger charge is -2.09. The Kier molecular flexibility index (Phi) is 4.94. The van der Waals surface area contributed by atoms with Crippen molar-refractivity contribution in [3.05, 3.63) is 98.9 Å². The number of ketones is 1. The van der Waals surface area contributed by atoms with Gasteiger partial charge in [0.25, 0.3) is 0 Å². The van der Waals surface area contributed by atoms with Crippen molar-refractivity contribution < 1.29 is 23.5 Å². The van der Waals surface area contributed by atoms with Crippen LogP contribution < -0.4 is 9.47 Å². The molecule has 1 aliphatic heterocycles. The van der Waals surface area contributed by atoms with E-state index in [2.05, 4.69) is 15.9 Å². The molecule has 6 heteroatoms. The molecule has 3 aromatic carbocycles. The molecule has 5 nitrogen and oxygen atoms in total. The monoisotopic (exact) mass is 488 g/mol. The lowest BCUT2D eigenvalue weighted by Crippen LogP contribution is -2.08. The van der Waals surface area contributed by atoms with Crippen LogP contribution in [0.25, 0.3) is 17.0 Å². The number of rotatable bonds is 3. The average Bonchev–Trinajstić information content (AvgIpc) is 3.33. The van der Waals surface area contributed by atoms with Gasteiger partial charge in [-0.05, 0) is 67.4 Å². The third-order valence-electron chi connectivity index (χ3n) is 5.39. The molecule has 0 saturated heterocycles. The molecule has 0 amide bonds. The standard InChI is InChI=1S/C26H17BrO5/c1-14-5-3-4-6-16(14)12-22-24(28)19-8-10-20(15(2)25(19)31-22)32-26(29)23-13-17-11-18(27)7-9-21(17)30-23/h3-13H,1-2H3/b22-12-. The van der Waals surface area contributed by atoms with E-state index >= 15 is 0 Å². The maximum absolute atomic E-state index is 12.8. The van der Waals surface area contributed by atoms with Crippen molar-refractivity contribution in [2.24, 2.45) is 0 Å². The maximum Gasteiger partial charge on any atom is 0.379 e. The second kappa shape index (κ2) is 7.80. The highest BCUT2D eigenvalue weighted by Crippen LogP contribution is 2.39. The van der Waals surface area contributed by atoms with E-state index in [1.54, 1.807) is 37.3 Å². The van der Waals surface area contributed by atoms with Crippen LogP contribution in [0.1, 0.15) is 37.6 Å². The Labute approximate surface area is 192 Å². The number of carbonyl (C=O) groups excluding carboxylic acids is 2. The molecule has 0 atom stereocenters. The van der Waals surface area contributed by atoms with Gasteiger partial charge in [-0.1, -0.05) is 40.2 Å². The summed E-state index contributed by atoms with van der Waals surface area (Å²) in [6, 6.07) is 18.1. The highest BCUT2D eigenvalue weighted by atomic mass is 79.9. The first-order chi connectivity index (χ1) is 15.4. The van der Waals surface area contributed by atoms with Crippen LogP contribution in [-0.2, 0) is 0 Å². The number of ether oxygens (including phenoxy) is 2. The number of hydrogen-bond acceptors (Lipinski definition) is 5. The van der Waals surface area contributed by atoms with E-state index < -0.39 is 5.97 Å². The van der Waals surface area contributed by atoms with Gasteiger partial charge < -0.3 is 13.9 Å². The molecule has 0 saturated carbocycles. The molecular weight excluding hydrogens is 472 g/mol. The zero-order chi connectivity index (χ0) is 22.4. The fourth-order valence-electron chi connectivity index (χ4n) is 3.63. The van der Waals surface area contributed by atoms with Gasteiger partial charge in [-0.25, -0.2) is 4.79 Å². The van der Waals surface area contributed by atoms with Crippen molar-refractivity contribution in [1.82, 2.24) is 0 Å². The van der Waals surface area contributed by atoms with Gasteiger partial charge in [-0.15, -0.1) is 0 Å². The number of Topliss-reactive ketones (excluding diaryl/α,β-unsaturated/α-hetero) is 1. The Bertz CT molecular complexity index is 1440. The molecular formula is C26H17BrO5. The topological polar surface area (TPSA) is 65.7 Å². The van der Waals surface area contributed by atoms with Crippen molar-refractivity contribution in [1.29, 1.82) is 0 Å². The zero-order valence-corrected chi connectivity index (χ0v) is 18.9. The van der Waals surface area contributed by atoms with E-state index in [0.29, 0.717) is 28.2 Å². The van der Waals surface area contributed by atoms with Gasteiger partial charge in [0.05, 0.1) is 5.56 Å². The molecule has 4 aromatic rings. The lowest BCUT2D eigenvalue weighted by atomic mass is 10.0. The van der Waals surface area contributed by atoms with Crippen LogP contribution >= 0.6 is 15.9 Å². The Hall–Kier alpha value is -3.64. The van der Waals surface area contributed by atoms with Crippen LogP contribution in [0.15, 0.2) is 75.3 Å². The van der Waals surface area contributed by atoms with E-state index in [0.717, 1.165) is 21.0 Å². The number of halogens is 1. The molecule has 5 rings (SSSR count). The molecule has 0 radical (unpaired) electrons. The number of aryl methyl sites for hydroxylation is 1. The SMILES string of the molecule is Cc1ccccc1/C=C1\Oc2c(ccc(OC(=O)c3cc4cc(Br)ccc4o3)c2C)C1=O. The first-order valence-electron chi connectivity index (χ1n) is 9.95. The largest absolute Gasteiger partial charge is 0.452 e. The number of hydrogen-bond donors (Lipinski definition) is 0. The lowest BCUT2D eigenvalue weighted by molar-refractivity contribution is 0.0702. The van der Waals surface area contributed by atoms with Gasteiger partial charge in [0.15, 0.2) is 5.76 Å². The van der Waals surface area contributed by atoms with E-state index in [-0.39, 0.29) is 17.3 Å². The van der Waals surface area contributed by atoms with Crippen LogP contribution in [0.4, 0.5) is 0 Å². The van der Waals surface area contributed by atoms with Crippen molar-refractivity contribution >= 4 is 44.7 Å². The van der Waals surface area contributed by atoms with Gasteiger partial charge in [-0.2, -0.15) is 0 Å². The number of allylic oxidation sites excluding steroid dienone is 1. The normalized spacial score (nSPS) is 14.0. The predicted octanol–water partition coefficient (Wildman–Crippen LogP) is 6.65. The smallest absolute Gasteiger partial charge is 0.379 e. The highest BCUT2D eigenvalue weighted by Gasteiger charge is 2.31. The summed E-state index contributed by atoms with van der Waals surface area (Å²) in [6.07, 6.45) is 1.73. The summed E-state index contributed by atoms with van der Waals surface area (Å²) in [5.41, 5.74) is 3.54. The Balaban J connectivity index is 1.43. The second-order valence-corrected chi connectivity index (χ2v) is 8.46. The van der Waals surface area contributed by atoms with Gasteiger partial charge in [-0.3, -0.25) is 4.79 Å². The van der Waals surface area contributed by atoms with Crippen molar-refractivity contribution in [3.8, 4) is 11.5 Å². The average molecular weight is 489 g/mol. The summed E-state index contributed by atoms with van der Waals surface area (Å²) in [6.45, 7) is 3.72. The Morgan fingerprint density at radius 1 is 1.03 bits per heavy atom. The molecule has 158 valence electrons. The zero-order valence-electron chi connectivity index (χ0n) is 17.3. The van der Waals surface area contributed by atoms with Gasteiger partial charge in [0.2, 0.25) is 11.5 Å². The third-order valence-corrected chi connectivity index (χ3v) is 5.89. The fraction of sp³-hybridized carbons (Fsp3) is 0.0769. The van der Waals surface area contributed by atoms with Gasteiger partial charge >= 0.3 is 5.97 Å². The Morgan fingerprint density at radius 3 is 2.66 bits per heavy atom. The van der Waals surface area contributed by atoms with Crippen molar-refractivity contribution in [2.45, 2.75) is 13.8 Å². The highest BCUT2D eigenvalue weighted by molar-refractivity contribution is 9.10. The molecule has 0 bridgehead atoms. The van der Waals surface area contributed by atoms with Crippen LogP contribution in [0, 0.1) is 13.8 Å².